The highest BCUT2D eigenvalue weighted by Gasteiger charge is 2.30. The zero-order chi connectivity index (χ0) is 32.8. The maximum absolute atomic E-state index is 5.07. The maximum atomic E-state index is 5.07. The third-order valence-electron chi connectivity index (χ3n) is 9.61. The Balaban J connectivity index is 1.04. The lowest BCUT2D eigenvalue weighted by Crippen LogP contribution is -2.44. The number of rotatable bonds is 11. The molecule has 0 amide bonds. The first-order valence-electron chi connectivity index (χ1n) is 17.0. The zero-order valence-electron chi connectivity index (χ0n) is 28.2. The van der Waals surface area contributed by atoms with E-state index in [0.29, 0.717) is 26.2 Å². The molecule has 4 atom stereocenters. The van der Waals surface area contributed by atoms with Crippen molar-refractivity contribution < 1.29 is 0 Å². The second-order valence-corrected chi connectivity index (χ2v) is 13.8. The average Bonchev–Trinajstić information content (AvgIpc) is 3.83. The fraction of sp³-hybridized carbons (Fsp3) is 0.368. The molecule has 4 N–H and O–H groups in total. The van der Waals surface area contributed by atoms with Crippen molar-refractivity contribution in [2.45, 2.75) is 65.0 Å². The van der Waals surface area contributed by atoms with E-state index in [1.807, 2.05) is 0 Å². The molecule has 4 unspecified atom stereocenters. The van der Waals surface area contributed by atoms with Crippen molar-refractivity contribution in [1.29, 1.82) is 0 Å². The minimum absolute atomic E-state index is 0.148. The van der Waals surface area contributed by atoms with Crippen LogP contribution in [0.5, 0.6) is 0 Å². The molecular formula is C38H44N10. The Morgan fingerprint density at radius 1 is 0.604 bits per heavy atom. The van der Waals surface area contributed by atoms with Crippen LogP contribution in [-0.2, 0) is 13.1 Å². The van der Waals surface area contributed by atoms with Gasteiger partial charge in [0.1, 0.15) is 23.3 Å². The van der Waals surface area contributed by atoms with Crippen LogP contribution < -0.4 is 10.6 Å². The van der Waals surface area contributed by atoms with Crippen molar-refractivity contribution in [3.8, 4) is 0 Å². The van der Waals surface area contributed by atoms with E-state index in [2.05, 4.69) is 131 Å². The summed E-state index contributed by atoms with van der Waals surface area (Å²) in [5.74, 6) is 3.96. The van der Waals surface area contributed by atoms with Crippen LogP contribution in [0.25, 0.3) is 22.1 Å². The highest BCUT2D eigenvalue weighted by molar-refractivity contribution is 5.88. The number of aryl methyl sites for hydroxylation is 2. The fourth-order valence-corrected chi connectivity index (χ4v) is 7.17. The van der Waals surface area contributed by atoms with E-state index < -0.39 is 0 Å². The van der Waals surface area contributed by atoms with E-state index in [1.165, 1.54) is 22.3 Å². The van der Waals surface area contributed by atoms with Crippen molar-refractivity contribution in [2.24, 2.45) is 9.98 Å². The second-order valence-electron chi connectivity index (χ2n) is 13.8. The molecule has 0 spiro atoms. The van der Waals surface area contributed by atoms with E-state index in [-0.39, 0.29) is 24.2 Å². The largest absolute Gasteiger partial charge is 0.364 e. The number of amidine groups is 2. The van der Waals surface area contributed by atoms with Gasteiger partial charge in [-0.3, -0.25) is 19.8 Å². The van der Waals surface area contributed by atoms with E-state index in [1.54, 1.807) is 0 Å². The monoisotopic (exact) mass is 640 g/mol. The normalized spacial score (nSPS) is 22.9. The van der Waals surface area contributed by atoms with Gasteiger partial charge in [0.15, 0.2) is 0 Å². The molecule has 2 aliphatic heterocycles. The van der Waals surface area contributed by atoms with E-state index in [4.69, 9.17) is 20.0 Å². The molecule has 246 valence electrons. The standard InChI is InChI=1S/C38H44N10/c1-23-5-9-27-31(15-23)43-35(39-27)19-47(20-36-40-28-10-6-24(2)16-32(28)44-36)13-14-48(21-37-41-29-11-7-25(3)17-33(29)45-37)22-38-42-30-12-8-26(4)18-34(30)46-38/h5-12,15-18,27,29,31,33H,13-14,19-22H2,1-4H3,(H,39,43)(H,40,44)(H,41,45)(H,42,46). The molecule has 4 heterocycles. The minimum Gasteiger partial charge on any atom is -0.364 e. The molecule has 2 aromatic heterocycles. The molecule has 48 heavy (non-hydrogen) atoms. The molecule has 0 bridgehead atoms. The molecular weight excluding hydrogens is 596 g/mol. The van der Waals surface area contributed by atoms with Gasteiger partial charge in [-0.25, -0.2) is 9.97 Å². The third-order valence-corrected chi connectivity index (χ3v) is 9.61. The molecule has 10 heteroatoms. The molecule has 2 aliphatic carbocycles. The Morgan fingerprint density at radius 3 is 1.52 bits per heavy atom. The second kappa shape index (κ2) is 12.7. The number of aliphatic imine (C=N–C) groups is 2. The summed E-state index contributed by atoms with van der Waals surface area (Å²) in [5.41, 5.74) is 9.13. The lowest BCUT2D eigenvalue weighted by atomic mass is 10.0. The number of nitrogens with zero attached hydrogens (tertiary/aromatic N) is 6. The minimum atomic E-state index is 0.148. The maximum Gasteiger partial charge on any atom is 0.121 e. The highest BCUT2D eigenvalue weighted by Crippen LogP contribution is 2.21. The zero-order valence-corrected chi connectivity index (χ0v) is 28.2. The Bertz CT molecular complexity index is 1890. The molecule has 0 radical (unpaired) electrons. The quantitative estimate of drug-likeness (QED) is 0.186. The van der Waals surface area contributed by atoms with Gasteiger partial charge in [-0.15, -0.1) is 0 Å². The van der Waals surface area contributed by atoms with Gasteiger partial charge >= 0.3 is 0 Å². The number of aromatic nitrogens is 4. The molecule has 10 nitrogen and oxygen atoms in total. The molecule has 4 aliphatic rings. The molecule has 0 fully saturated rings. The summed E-state index contributed by atoms with van der Waals surface area (Å²) >= 11 is 0. The van der Waals surface area contributed by atoms with Gasteiger partial charge in [-0.05, 0) is 63.1 Å². The van der Waals surface area contributed by atoms with Crippen LogP contribution in [0.1, 0.15) is 36.6 Å². The number of benzene rings is 2. The number of imidazole rings is 2. The molecule has 0 saturated heterocycles. The van der Waals surface area contributed by atoms with Gasteiger partial charge in [0.25, 0.3) is 0 Å². The molecule has 4 aromatic rings. The van der Waals surface area contributed by atoms with Crippen molar-refractivity contribution in [2.75, 3.05) is 26.2 Å². The van der Waals surface area contributed by atoms with Crippen molar-refractivity contribution >= 4 is 33.7 Å². The van der Waals surface area contributed by atoms with Crippen molar-refractivity contribution in [1.82, 2.24) is 40.4 Å². The van der Waals surface area contributed by atoms with Gasteiger partial charge < -0.3 is 20.6 Å². The van der Waals surface area contributed by atoms with E-state index in [9.17, 15) is 0 Å². The van der Waals surface area contributed by atoms with Crippen LogP contribution in [0.3, 0.4) is 0 Å². The predicted octanol–water partition coefficient (Wildman–Crippen LogP) is 4.87. The summed E-state index contributed by atoms with van der Waals surface area (Å²) < 4.78 is 0. The highest BCUT2D eigenvalue weighted by atomic mass is 15.3. The van der Waals surface area contributed by atoms with Crippen LogP contribution in [0, 0.1) is 13.8 Å². The Kier molecular flexibility index (Phi) is 8.06. The van der Waals surface area contributed by atoms with Crippen LogP contribution >= 0.6 is 0 Å². The summed E-state index contributed by atoms with van der Waals surface area (Å²) in [5, 5.41) is 7.38. The van der Waals surface area contributed by atoms with Crippen molar-refractivity contribution in [3.05, 3.63) is 107 Å². The van der Waals surface area contributed by atoms with Gasteiger partial charge in [0.05, 0.1) is 72.4 Å². The predicted molar refractivity (Wildman–Crippen MR) is 194 cm³/mol. The lowest BCUT2D eigenvalue weighted by Gasteiger charge is -2.27. The third kappa shape index (κ3) is 6.63. The van der Waals surface area contributed by atoms with Gasteiger partial charge in [0.2, 0.25) is 0 Å². The van der Waals surface area contributed by atoms with Crippen LogP contribution in [-0.4, -0.2) is 91.8 Å². The lowest BCUT2D eigenvalue weighted by molar-refractivity contribution is 0.218. The Hall–Kier alpha value is -4.80. The number of aromatic amines is 2. The Morgan fingerprint density at radius 2 is 1.06 bits per heavy atom. The number of fused-ring (bicyclic) bond motifs is 4. The number of nitrogens with one attached hydrogen (secondary N) is 4. The Labute approximate surface area is 281 Å². The first-order valence-corrected chi connectivity index (χ1v) is 17.0. The number of allylic oxidation sites excluding steroid dienone is 4. The van der Waals surface area contributed by atoms with E-state index in [0.717, 1.165) is 58.5 Å². The van der Waals surface area contributed by atoms with Crippen molar-refractivity contribution in [3.63, 3.8) is 0 Å². The summed E-state index contributed by atoms with van der Waals surface area (Å²) in [6.07, 6.45) is 13.3. The summed E-state index contributed by atoms with van der Waals surface area (Å²) in [7, 11) is 0. The number of hydrogen-bond donors (Lipinski definition) is 4. The molecule has 0 saturated carbocycles. The smallest absolute Gasteiger partial charge is 0.121 e. The summed E-state index contributed by atoms with van der Waals surface area (Å²) in [4.78, 5) is 32.1. The number of hydrogen-bond acceptors (Lipinski definition) is 8. The average molecular weight is 641 g/mol. The fourth-order valence-electron chi connectivity index (χ4n) is 7.17. The summed E-state index contributed by atoms with van der Waals surface area (Å²) in [6.45, 7) is 12.9. The SMILES string of the molecule is CC1=CC2NC(CN(CCN(CC3=NC4C=CC(C)=CC4N3)Cc3nc4ccc(C)cc4[nH]3)Cc3nc4ccc(C)cc4[nH]3)=NC2C=C1. The molecule has 2 aromatic carbocycles. The summed E-state index contributed by atoms with van der Waals surface area (Å²) in [6, 6.07) is 13.5. The van der Waals surface area contributed by atoms with Crippen LogP contribution in [0.2, 0.25) is 0 Å². The molecule has 8 rings (SSSR count). The van der Waals surface area contributed by atoms with Gasteiger partial charge in [-0.2, -0.15) is 0 Å². The van der Waals surface area contributed by atoms with Crippen LogP contribution in [0.15, 0.2) is 94.0 Å². The van der Waals surface area contributed by atoms with Crippen LogP contribution in [0.4, 0.5) is 0 Å². The van der Waals surface area contributed by atoms with Gasteiger partial charge in [0, 0.05) is 13.1 Å². The van der Waals surface area contributed by atoms with Gasteiger partial charge in [-0.1, -0.05) is 59.7 Å². The number of H-pyrrole nitrogens is 2. The first kappa shape index (κ1) is 30.5. The van der Waals surface area contributed by atoms with E-state index >= 15 is 0 Å². The first-order chi connectivity index (χ1) is 23.3. The topological polar surface area (TPSA) is 113 Å².